The van der Waals surface area contributed by atoms with E-state index in [4.69, 9.17) is 27.9 Å². The molecular formula is C31H33Cl2N3O6S. The molecule has 3 N–H and O–H groups in total. The van der Waals surface area contributed by atoms with E-state index in [1.807, 2.05) is 48.7 Å². The van der Waals surface area contributed by atoms with E-state index < -0.39 is 30.1 Å². The summed E-state index contributed by atoms with van der Waals surface area (Å²) in [6, 6.07) is 11.1. The molecule has 4 rings (SSSR count). The number of carboxylic acids is 1. The average molecular weight is 647 g/mol. The van der Waals surface area contributed by atoms with E-state index in [1.54, 1.807) is 11.0 Å². The Morgan fingerprint density at radius 2 is 1.84 bits per heavy atom. The quantitative estimate of drug-likeness (QED) is 0.237. The van der Waals surface area contributed by atoms with E-state index >= 15 is 0 Å². The van der Waals surface area contributed by atoms with Gasteiger partial charge in [0.25, 0.3) is 0 Å². The second kappa shape index (κ2) is 15.3. The Balaban J connectivity index is 1.24. The molecule has 1 aromatic heterocycles. The molecule has 228 valence electrons. The van der Waals surface area contributed by atoms with Crippen LogP contribution in [-0.2, 0) is 30.5 Å². The van der Waals surface area contributed by atoms with Crippen LogP contribution in [0.3, 0.4) is 0 Å². The van der Waals surface area contributed by atoms with Crippen molar-refractivity contribution in [3.63, 3.8) is 0 Å². The summed E-state index contributed by atoms with van der Waals surface area (Å²) in [5.74, 6) is -3.16. The van der Waals surface area contributed by atoms with Crippen molar-refractivity contribution in [1.82, 2.24) is 15.5 Å². The van der Waals surface area contributed by atoms with Crippen molar-refractivity contribution >= 4 is 74.4 Å². The fourth-order valence-corrected chi connectivity index (χ4v) is 6.50. The van der Waals surface area contributed by atoms with Gasteiger partial charge in [-0.25, -0.2) is 0 Å². The van der Waals surface area contributed by atoms with Crippen LogP contribution in [0.25, 0.3) is 16.2 Å². The van der Waals surface area contributed by atoms with Gasteiger partial charge in [0, 0.05) is 31.8 Å². The number of carboxylic acid groups (broad SMARTS) is 1. The molecular weight excluding hydrogens is 613 g/mol. The number of rotatable bonds is 12. The predicted octanol–water partition coefficient (Wildman–Crippen LogP) is 5.06. The first kappa shape index (κ1) is 32.5. The lowest BCUT2D eigenvalue weighted by molar-refractivity contribution is -0.141. The molecule has 12 heteroatoms. The topological polar surface area (TPSA) is 125 Å². The number of fused-ring (bicyclic) bond motifs is 1. The summed E-state index contributed by atoms with van der Waals surface area (Å²) in [6.45, 7) is 2.71. The predicted molar refractivity (Wildman–Crippen MR) is 168 cm³/mol. The number of amides is 3. The van der Waals surface area contributed by atoms with Crippen LogP contribution >= 0.6 is 34.5 Å². The molecule has 43 heavy (non-hydrogen) atoms. The van der Waals surface area contributed by atoms with E-state index in [1.165, 1.54) is 17.4 Å². The van der Waals surface area contributed by atoms with Gasteiger partial charge in [-0.05, 0) is 59.4 Å². The number of nitrogens with zero attached hydrogens (tertiary/aromatic N) is 1. The number of hydrogen-bond acceptors (Lipinski definition) is 6. The fraction of sp³-hybridized carbons (Fsp3) is 0.355. The number of hydrogen-bond donors (Lipinski definition) is 3. The van der Waals surface area contributed by atoms with Gasteiger partial charge in [0.2, 0.25) is 17.7 Å². The molecule has 1 unspecified atom stereocenters. The number of nitrogens with one attached hydrogen (secondary N) is 2. The first-order valence-corrected chi connectivity index (χ1v) is 15.5. The van der Waals surface area contributed by atoms with Crippen LogP contribution in [0, 0.1) is 12.8 Å². The fourth-order valence-electron chi connectivity index (χ4n) is 4.92. The molecule has 2 heterocycles. The standard InChI is InChI=1S/C31H33Cl2N3O6S/c1-19-23(28(32)29(33)30-24(19)11-14-43-30)7-8-26(38)36-12-9-22(10-13-36)35-31(41)21(15-27(39)40)16-34-25(37)18-42-17-20-5-3-2-4-6-20/h2-8,11,14,21-22H,9-10,12-13,15-18H2,1H3,(H,34,37)(H,35,41)(H,39,40)/b8-7+. The molecule has 1 fully saturated rings. The molecule has 0 radical (unpaired) electrons. The summed E-state index contributed by atoms with van der Waals surface area (Å²) in [6.07, 6.45) is 3.77. The highest BCUT2D eigenvalue weighted by atomic mass is 35.5. The third-order valence-electron chi connectivity index (χ3n) is 7.33. The van der Waals surface area contributed by atoms with Crippen LogP contribution in [0.1, 0.15) is 36.0 Å². The number of aryl methyl sites for hydroxylation is 1. The maximum atomic E-state index is 12.9. The maximum absolute atomic E-state index is 12.9. The third kappa shape index (κ3) is 8.79. The zero-order valence-electron chi connectivity index (χ0n) is 23.6. The Morgan fingerprint density at radius 1 is 1.12 bits per heavy atom. The number of carbonyl (C=O) groups is 4. The van der Waals surface area contributed by atoms with Gasteiger partial charge in [-0.1, -0.05) is 53.5 Å². The number of likely N-dealkylation sites (tertiary alicyclic amines) is 1. The molecule has 2 aromatic carbocycles. The first-order valence-electron chi connectivity index (χ1n) is 13.9. The van der Waals surface area contributed by atoms with Crippen molar-refractivity contribution in [2.24, 2.45) is 5.92 Å². The summed E-state index contributed by atoms with van der Waals surface area (Å²) >= 11 is 14.5. The van der Waals surface area contributed by atoms with Gasteiger partial charge in [-0.3, -0.25) is 19.2 Å². The number of halogens is 2. The van der Waals surface area contributed by atoms with Crippen molar-refractivity contribution in [3.05, 3.63) is 74.6 Å². The van der Waals surface area contributed by atoms with Crippen LogP contribution in [-0.4, -0.2) is 66.0 Å². The van der Waals surface area contributed by atoms with Gasteiger partial charge < -0.3 is 25.4 Å². The van der Waals surface area contributed by atoms with Crippen molar-refractivity contribution in [3.8, 4) is 0 Å². The summed E-state index contributed by atoms with van der Waals surface area (Å²) in [7, 11) is 0. The minimum absolute atomic E-state index is 0.128. The summed E-state index contributed by atoms with van der Waals surface area (Å²) in [5.41, 5.74) is 2.57. The lowest BCUT2D eigenvalue weighted by Gasteiger charge is -2.32. The molecule has 0 spiro atoms. The summed E-state index contributed by atoms with van der Waals surface area (Å²) < 4.78 is 6.32. The molecule has 1 atom stereocenters. The smallest absolute Gasteiger partial charge is 0.304 e. The number of piperidine rings is 1. The first-order chi connectivity index (χ1) is 20.6. The van der Waals surface area contributed by atoms with Crippen LogP contribution in [0.2, 0.25) is 10.0 Å². The zero-order valence-corrected chi connectivity index (χ0v) is 25.9. The number of ether oxygens (including phenoxy) is 1. The molecule has 0 saturated carbocycles. The highest BCUT2D eigenvalue weighted by Crippen LogP contribution is 2.40. The van der Waals surface area contributed by atoms with Crippen molar-refractivity contribution in [2.45, 2.75) is 38.8 Å². The van der Waals surface area contributed by atoms with Gasteiger partial charge in [-0.2, -0.15) is 0 Å². The monoisotopic (exact) mass is 645 g/mol. The maximum Gasteiger partial charge on any atom is 0.304 e. The van der Waals surface area contributed by atoms with E-state index in [-0.39, 0.29) is 31.7 Å². The van der Waals surface area contributed by atoms with Crippen molar-refractivity contribution < 1.29 is 29.0 Å². The molecule has 3 aromatic rings. The van der Waals surface area contributed by atoms with Gasteiger partial charge >= 0.3 is 5.97 Å². The summed E-state index contributed by atoms with van der Waals surface area (Å²) in [5, 5.41) is 18.6. The average Bonchev–Trinajstić information content (AvgIpc) is 3.49. The third-order valence-corrected chi connectivity index (χ3v) is 9.24. The SMILES string of the molecule is Cc1c(/C=C/C(=O)N2CCC(NC(=O)C(CNC(=O)COCc3ccccc3)CC(=O)O)CC2)c(Cl)c(Cl)c2sccc12. The van der Waals surface area contributed by atoms with Gasteiger partial charge in [0.15, 0.2) is 0 Å². The Hall–Kier alpha value is -3.44. The van der Waals surface area contributed by atoms with Gasteiger partial charge in [0.05, 0.1) is 33.7 Å². The number of carbonyl (C=O) groups excluding carboxylic acids is 3. The molecule has 1 saturated heterocycles. The van der Waals surface area contributed by atoms with Crippen molar-refractivity contribution in [1.29, 1.82) is 0 Å². The number of thiophene rings is 1. The van der Waals surface area contributed by atoms with Crippen LogP contribution < -0.4 is 10.6 Å². The highest BCUT2D eigenvalue weighted by molar-refractivity contribution is 7.18. The molecule has 0 aliphatic carbocycles. The lowest BCUT2D eigenvalue weighted by Crippen LogP contribution is -2.49. The largest absolute Gasteiger partial charge is 0.481 e. The highest BCUT2D eigenvalue weighted by Gasteiger charge is 2.28. The van der Waals surface area contributed by atoms with Crippen LogP contribution in [0.15, 0.2) is 47.9 Å². The molecule has 1 aliphatic heterocycles. The molecule has 3 amide bonds. The van der Waals surface area contributed by atoms with Crippen LogP contribution in [0.4, 0.5) is 0 Å². The minimum atomic E-state index is -1.14. The zero-order chi connectivity index (χ0) is 30.9. The van der Waals surface area contributed by atoms with E-state index in [0.717, 1.165) is 21.2 Å². The van der Waals surface area contributed by atoms with E-state index in [2.05, 4.69) is 10.6 Å². The second-order valence-electron chi connectivity index (χ2n) is 10.3. The van der Waals surface area contributed by atoms with Crippen LogP contribution in [0.5, 0.6) is 0 Å². The van der Waals surface area contributed by atoms with E-state index in [0.29, 0.717) is 41.5 Å². The lowest BCUT2D eigenvalue weighted by atomic mass is 10.0. The summed E-state index contributed by atoms with van der Waals surface area (Å²) in [4.78, 5) is 51.1. The Labute approximate surface area is 263 Å². The molecule has 0 bridgehead atoms. The normalized spacial score (nSPS) is 14.6. The Kier molecular flexibility index (Phi) is 11.6. The molecule has 9 nitrogen and oxygen atoms in total. The second-order valence-corrected chi connectivity index (χ2v) is 12.0. The molecule has 1 aliphatic rings. The van der Waals surface area contributed by atoms with Gasteiger partial charge in [0.1, 0.15) is 6.61 Å². The Morgan fingerprint density at radius 3 is 2.53 bits per heavy atom. The number of aliphatic carboxylic acids is 1. The Bertz CT molecular complexity index is 1500. The van der Waals surface area contributed by atoms with Crippen molar-refractivity contribution in [2.75, 3.05) is 26.2 Å². The van der Waals surface area contributed by atoms with E-state index in [9.17, 15) is 24.3 Å². The minimum Gasteiger partial charge on any atom is -0.481 e. The van der Waals surface area contributed by atoms with Gasteiger partial charge in [-0.15, -0.1) is 11.3 Å². The number of benzene rings is 2.